The van der Waals surface area contributed by atoms with Crippen LogP contribution in [0.15, 0.2) is 29.4 Å². The highest BCUT2D eigenvalue weighted by atomic mass is 32.1. The van der Waals surface area contributed by atoms with E-state index in [1.165, 1.54) is 0 Å². The number of nitrogens with one attached hydrogen (secondary N) is 2. The van der Waals surface area contributed by atoms with Crippen LogP contribution in [0.3, 0.4) is 0 Å². The predicted octanol–water partition coefficient (Wildman–Crippen LogP) is 2.66. The molecule has 0 amide bonds. The number of rotatable bonds is 4. The maximum atomic E-state index is 5.54. The van der Waals surface area contributed by atoms with Gasteiger partial charge in [-0.2, -0.15) is 5.10 Å². The van der Waals surface area contributed by atoms with E-state index in [1.54, 1.807) is 11.3 Å². The molecule has 1 saturated heterocycles. The van der Waals surface area contributed by atoms with Gasteiger partial charge in [0.05, 0.1) is 22.0 Å². The third-order valence-electron chi connectivity index (χ3n) is 3.44. The van der Waals surface area contributed by atoms with E-state index in [0.717, 1.165) is 46.9 Å². The van der Waals surface area contributed by atoms with Crippen LogP contribution >= 0.6 is 23.6 Å². The van der Waals surface area contributed by atoms with Crippen LogP contribution in [-0.4, -0.2) is 35.1 Å². The molecule has 1 aromatic carbocycles. The summed E-state index contributed by atoms with van der Waals surface area (Å²) < 4.78 is 6.70. The Labute approximate surface area is 138 Å². The number of benzene rings is 1. The molecule has 2 N–H and O–H groups in total. The van der Waals surface area contributed by atoms with Crippen molar-refractivity contribution in [3.63, 3.8) is 0 Å². The Bertz CT molecular complexity index is 659. The largest absolute Gasteiger partial charge is 0.376 e. The molecule has 22 heavy (non-hydrogen) atoms. The average Bonchev–Trinajstić information content (AvgIpc) is 3.19. The van der Waals surface area contributed by atoms with E-state index in [9.17, 15) is 0 Å². The number of aromatic nitrogens is 1. The van der Waals surface area contributed by atoms with Gasteiger partial charge in [-0.25, -0.2) is 4.98 Å². The first-order chi connectivity index (χ1) is 10.7. The number of ether oxygens (including phenoxy) is 1. The fourth-order valence-corrected chi connectivity index (χ4v) is 3.30. The highest BCUT2D eigenvalue weighted by Crippen LogP contribution is 2.21. The first-order valence-electron chi connectivity index (χ1n) is 7.28. The molecule has 1 aliphatic heterocycles. The summed E-state index contributed by atoms with van der Waals surface area (Å²) in [4.78, 5) is 4.56. The van der Waals surface area contributed by atoms with Crippen molar-refractivity contribution in [3.05, 3.63) is 29.3 Å². The molecule has 3 rings (SSSR count). The Hall–Kier alpha value is -1.57. The summed E-state index contributed by atoms with van der Waals surface area (Å²) >= 11 is 6.84. The minimum absolute atomic E-state index is 0.258. The second kappa shape index (κ2) is 7.13. The van der Waals surface area contributed by atoms with Gasteiger partial charge >= 0.3 is 0 Å². The lowest BCUT2D eigenvalue weighted by atomic mass is 10.2. The van der Waals surface area contributed by atoms with Crippen molar-refractivity contribution in [1.29, 1.82) is 0 Å². The summed E-state index contributed by atoms with van der Waals surface area (Å²) in [6.45, 7) is 3.50. The molecule has 5 nitrogen and oxygen atoms in total. The lowest BCUT2D eigenvalue weighted by Crippen LogP contribution is -2.37. The molecule has 0 spiro atoms. The van der Waals surface area contributed by atoms with Crippen molar-refractivity contribution in [2.24, 2.45) is 5.10 Å². The van der Waals surface area contributed by atoms with E-state index in [4.69, 9.17) is 17.0 Å². The number of thiazole rings is 1. The highest BCUT2D eigenvalue weighted by molar-refractivity contribution is 7.80. The quantitative estimate of drug-likeness (QED) is 0.511. The van der Waals surface area contributed by atoms with Gasteiger partial charge < -0.3 is 10.1 Å². The van der Waals surface area contributed by atoms with E-state index in [2.05, 4.69) is 26.9 Å². The van der Waals surface area contributed by atoms with Crippen LogP contribution in [0.25, 0.3) is 10.2 Å². The molecule has 0 saturated carbocycles. The second-order valence-electron chi connectivity index (χ2n) is 5.14. The van der Waals surface area contributed by atoms with E-state index in [1.807, 2.05) is 25.1 Å². The molecule has 1 aromatic heterocycles. The summed E-state index contributed by atoms with van der Waals surface area (Å²) in [5.74, 6) is 0. The molecule has 0 bridgehead atoms. The minimum Gasteiger partial charge on any atom is -0.376 e. The van der Waals surface area contributed by atoms with E-state index in [-0.39, 0.29) is 6.10 Å². The molecule has 2 aromatic rings. The van der Waals surface area contributed by atoms with Crippen LogP contribution in [0, 0.1) is 0 Å². The van der Waals surface area contributed by atoms with Crippen molar-refractivity contribution in [1.82, 2.24) is 15.7 Å². The Morgan fingerprint density at radius 2 is 2.36 bits per heavy atom. The smallest absolute Gasteiger partial charge is 0.187 e. The Morgan fingerprint density at radius 3 is 3.14 bits per heavy atom. The summed E-state index contributed by atoms with van der Waals surface area (Å²) in [7, 11) is 0. The van der Waals surface area contributed by atoms with E-state index < -0.39 is 0 Å². The minimum atomic E-state index is 0.258. The van der Waals surface area contributed by atoms with Crippen LogP contribution in [0.1, 0.15) is 24.8 Å². The normalized spacial score (nSPS) is 18.6. The summed E-state index contributed by atoms with van der Waals surface area (Å²) in [6, 6.07) is 8.06. The zero-order chi connectivity index (χ0) is 15.4. The number of nitrogens with zero attached hydrogens (tertiary/aromatic N) is 2. The molecule has 0 aliphatic carbocycles. The van der Waals surface area contributed by atoms with Crippen molar-refractivity contribution in [2.45, 2.75) is 25.9 Å². The van der Waals surface area contributed by atoms with Gasteiger partial charge in [-0.15, -0.1) is 11.3 Å². The maximum Gasteiger partial charge on any atom is 0.187 e. The van der Waals surface area contributed by atoms with Gasteiger partial charge in [-0.05, 0) is 44.1 Å². The fourth-order valence-electron chi connectivity index (χ4n) is 2.26. The summed E-state index contributed by atoms with van der Waals surface area (Å²) in [6.07, 6.45) is 2.47. The fraction of sp³-hybridized carbons (Fsp3) is 0.400. The zero-order valence-corrected chi connectivity index (χ0v) is 14.0. The van der Waals surface area contributed by atoms with Crippen LogP contribution in [-0.2, 0) is 4.74 Å². The second-order valence-corrected chi connectivity index (χ2v) is 6.58. The first-order valence-corrected chi connectivity index (χ1v) is 8.50. The number of para-hydroxylation sites is 1. The molecule has 0 unspecified atom stereocenters. The van der Waals surface area contributed by atoms with Gasteiger partial charge in [0.2, 0.25) is 0 Å². The number of hydrogen-bond acceptors (Lipinski definition) is 5. The van der Waals surface area contributed by atoms with Crippen LogP contribution < -0.4 is 10.7 Å². The Kier molecular flexibility index (Phi) is 4.97. The standard InChI is InChI=1S/C15H18N4OS2/c1-10(14-17-12-6-2-3-7-13(12)22-14)18-19-15(21)16-9-11-5-4-8-20-11/h2-3,6-7,11H,4-5,8-9H2,1H3,(H2,16,19,21)/b18-10-/t11-/m0/s1. The van der Waals surface area contributed by atoms with E-state index >= 15 is 0 Å². The Morgan fingerprint density at radius 1 is 1.50 bits per heavy atom. The third kappa shape index (κ3) is 3.79. The van der Waals surface area contributed by atoms with E-state index in [0.29, 0.717) is 5.11 Å². The average molecular weight is 334 g/mol. The van der Waals surface area contributed by atoms with Gasteiger partial charge in [0, 0.05) is 13.2 Å². The highest BCUT2D eigenvalue weighted by Gasteiger charge is 2.15. The molecular formula is C15H18N4OS2. The van der Waals surface area contributed by atoms with Crippen molar-refractivity contribution in [3.8, 4) is 0 Å². The number of fused-ring (bicyclic) bond motifs is 1. The van der Waals surface area contributed by atoms with Gasteiger partial charge in [-0.3, -0.25) is 5.43 Å². The van der Waals surface area contributed by atoms with Crippen LogP contribution in [0.2, 0.25) is 0 Å². The lowest BCUT2D eigenvalue weighted by Gasteiger charge is -2.12. The molecule has 0 radical (unpaired) electrons. The van der Waals surface area contributed by atoms with Crippen molar-refractivity contribution in [2.75, 3.05) is 13.2 Å². The van der Waals surface area contributed by atoms with Gasteiger partial charge in [0.1, 0.15) is 5.01 Å². The summed E-state index contributed by atoms with van der Waals surface area (Å²) in [5.41, 5.74) is 4.69. The topological polar surface area (TPSA) is 58.5 Å². The molecule has 1 atom stereocenters. The first kappa shape index (κ1) is 15.3. The SMILES string of the molecule is C/C(=N/NC(=S)NC[C@@H]1CCCO1)c1nc2ccccc2s1. The van der Waals surface area contributed by atoms with Gasteiger partial charge in [0.15, 0.2) is 5.11 Å². The molecule has 116 valence electrons. The molecule has 1 fully saturated rings. The molecule has 7 heteroatoms. The monoisotopic (exact) mass is 334 g/mol. The van der Waals surface area contributed by atoms with Crippen LogP contribution in [0.4, 0.5) is 0 Å². The summed E-state index contributed by atoms with van der Waals surface area (Å²) in [5, 5.41) is 8.84. The Balaban J connectivity index is 1.55. The van der Waals surface area contributed by atoms with Gasteiger partial charge in [-0.1, -0.05) is 12.1 Å². The number of hydrogen-bond donors (Lipinski definition) is 2. The van der Waals surface area contributed by atoms with Gasteiger partial charge in [0.25, 0.3) is 0 Å². The lowest BCUT2D eigenvalue weighted by molar-refractivity contribution is 0.114. The molecule has 1 aliphatic rings. The zero-order valence-electron chi connectivity index (χ0n) is 12.3. The van der Waals surface area contributed by atoms with Crippen molar-refractivity contribution >= 4 is 44.6 Å². The molecule has 2 heterocycles. The number of thiocarbonyl (C=S) groups is 1. The van der Waals surface area contributed by atoms with Crippen molar-refractivity contribution < 1.29 is 4.74 Å². The predicted molar refractivity (Wildman–Crippen MR) is 94.5 cm³/mol. The molecular weight excluding hydrogens is 316 g/mol. The third-order valence-corrected chi connectivity index (χ3v) is 4.82. The number of hydrazone groups is 1. The maximum absolute atomic E-state index is 5.54. The van der Waals surface area contributed by atoms with Crippen LogP contribution in [0.5, 0.6) is 0 Å².